The SMILES string of the molecule is CSC(=NC(=O)c1ccc(Cl)cc1)SC. The average molecular weight is 260 g/mol. The van der Waals surface area contributed by atoms with Gasteiger partial charge in [-0.3, -0.25) is 4.79 Å². The molecule has 1 amide bonds. The second kappa shape index (κ2) is 6.20. The van der Waals surface area contributed by atoms with E-state index in [9.17, 15) is 4.79 Å². The van der Waals surface area contributed by atoms with Gasteiger partial charge in [0.1, 0.15) is 4.38 Å². The van der Waals surface area contributed by atoms with E-state index in [1.165, 1.54) is 23.5 Å². The molecular formula is C10H10ClNOS2. The number of hydrogen-bond donors (Lipinski definition) is 0. The van der Waals surface area contributed by atoms with Crippen LogP contribution in [0.5, 0.6) is 0 Å². The lowest BCUT2D eigenvalue weighted by Crippen LogP contribution is -1.97. The van der Waals surface area contributed by atoms with E-state index in [-0.39, 0.29) is 5.91 Å². The predicted octanol–water partition coefficient (Wildman–Crippen LogP) is 3.56. The Balaban J connectivity index is 2.85. The van der Waals surface area contributed by atoms with Gasteiger partial charge in [0.25, 0.3) is 5.91 Å². The summed E-state index contributed by atoms with van der Waals surface area (Å²) in [5.74, 6) is -0.231. The molecule has 0 aliphatic heterocycles. The van der Waals surface area contributed by atoms with Gasteiger partial charge in [-0.1, -0.05) is 11.6 Å². The molecule has 0 aliphatic rings. The number of rotatable bonds is 1. The van der Waals surface area contributed by atoms with E-state index in [0.717, 1.165) is 4.38 Å². The topological polar surface area (TPSA) is 29.4 Å². The van der Waals surface area contributed by atoms with Crippen LogP contribution >= 0.6 is 35.1 Å². The van der Waals surface area contributed by atoms with Gasteiger partial charge in [-0.15, -0.1) is 23.5 Å². The number of carbonyl (C=O) groups excluding carboxylic acids is 1. The van der Waals surface area contributed by atoms with Crippen molar-refractivity contribution in [3.05, 3.63) is 34.9 Å². The van der Waals surface area contributed by atoms with Gasteiger partial charge in [-0.25, -0.2) is 0 Å². The lowest BCUT2D eigenvalue weighted by atomic mass is 10.2. The highest BCUT2D eigenvalue weighted by Crippen LogP contribution is 2.14. The van der Waals surface area contributed by atoms with Gasteiger partial charge in [-0.2, -0.15) is 4.99 Å². The fourth-order valence-electron chi connectivity index (χ4n) is 0.915. The lowest BCUT2D eigenvalue weighted by molar-refractivity contribution is 0.100. The van der Waals surface area contributed by atoms with E-state index in [4.69, 9.17) is 11.6 Å². The molecule has 5 heteroatoms. The molecule has 1 rings (SSSR count). The highest BCUT2D eigenvalue weighted by atomic mass is 35.5. The Labute approximate surface area is 102 Å². The standard InChI is InChI=1S/C10H10ClNOS2/c1-14-10(15-2)12-9(13)7-3-5-8(11)6-4-7/h3-6H,1-2H3. The Morgan fingerprint density at radius 1 is 1.20 bits per heavy atom. The first-order chi connectivity index (χ1) is 7.17. The number of nitrogens with zero attached hydrogens (tertiary/aromatic N) is 1. The van der Waals surface area contributed by atoms with Crippen LogP contribution in [-0.4, -0.2) is 22.8 Å². The maximum absolute atomic E-state index is 11.6. The zero-order valence-electron chi connectivity index (χ0n) is 8.36. The van der Waals surface area contributed by atoms with Gasteiger partial charge in [-0.05, 0) is 36.8 Å². The molecule has 0 aliphatic carbocycles. The van der Waals surface area contributed by atoms with Gasteiger partial charge < -0.3 is 0 Å². The number of benzene rings is 1. The van der Waals surface area contributed by atoms with Crippen LogP contribution in [0.4, 0.5) is 0 Å². The van der Waals surface area contributed by atoms with Crippen LogP contribution in [0.2, 0.25) is 5.02 Å². The average Bonchev–Trinajstić information content (AvgIpc) is 2.26. The smallest absolute Gasteiger partial charge is 0.267 e. The molecule has 0 unspecified atom stereocenters. The highest BCUT2D eigenvalue weighted by molar-refractivity contribution is 8.38. The molecule has 80 valence electrons. The summed E-state index contributed by atoms with van der Waals surface area (Å²) in [5.41, 5.74) is 0.556. The van der Waals surface area contributed by atoms with E-state index >= 15 is 0 Å². The summed E-state index contributed by atoms with van der Waals surface area (Å²) < 4.78 is 0.759. The Hall–Kier alpha value is -0.450. The zero-order chi connectivity index (χ0) is 11.3. The second-order valence-corrected chi connectivity index (χ2v) is 4.88. The fourth-order valence-corrected chi connectivity index (χ4v) is 2.06. The first kappa shape index (κ1) is 12.6. The number of amides is 1. The molecule has 0 fully saturated rings. The maximum atomic E-state index is 11.6. The van der Waals surface area contributed by atoms with Crippen LogP contribution in [0.25, 0.3) is 0 Å². The van der Waals surface area contributed by atoms with Crippen molar-refractivity contribution in [2.75, 3.05) is 12.5 Å². The van der Waals surface area contributed by atoms with Crippen molar-refractivity contribution in [2.45, 2.75) is 0 Å². The number of thioether (sulfide) groups is 2. The number of carbonyl (C=O) groups is 1. The summed E-state index contributed by atoms with van der Waals surface area (Å²) in [5, 5.41) is 0.616. The number of halogens is 1. The molecule has 0 aromatic heterocycles. The summed E-state index contributed by atoms with van der Waals surface area (Å²) in [4.78, 5) is 15.6. The van der Waals surface area contributed by atoms with E-state index in [1.54, 1.807) is 24.3 Å². The third-order valence-corrected chi connectivity index (χ3v) is 3.77. The van der Waals surface area contributed by atoms with Crippen LogP contribution in [0.1, 0.15) is 10.4 Å². The third-order valence-electron chi connectivity index (χ3n) is 1.63. The van der Waals surface area contributed by atoms with Gasteiger partial charge in [0.15, 0.2) is 0 Å². The van der Waals surface area contributed by atoms with E-state index in [0.29, 0.717) is 10.6 Å². The molecule has 0 saturated heterocycles. The van der Waals surface area contributed by atoms with Gasteiger partial charge in [0.05, 0.1) is 0 Å². The Bertz CT molecular complexity index is 370. The molecule has 0 N–H and O–H groups in total. The minimum Gasteiger partial charge on any atom is -0.267 e. The normalized spacial score (nSPS) is 9.80. The summed E-state index contributed by atoms with van der Waals surface area (Å²) in [7, 11) is 0. The Morgan fingerprint density at radius 2 is 1.73 bits per heavy atom. The molecule has 0 heterocycles. The first-order valence-corrected chi connectivity index (χ1v) is 6.96. The first-order valence-electron chi connectivity index (χ1n) is 4.14. The minimum atomic E-state index is -0.231. The minimum absolute atomic E-state index is 0.231. The van der Waals surface area contributed by atoms with Crippen molar-refractivity contribution in [3.63, 3.8) is 0 Å². The van der Waals surface area contributed by atoms with Crippen LogP contribution < -0.4 is 0 Å². The quantitative estimate of drug-likeness (QED) is 0.570. The molecule has 0 spiro atoms. The molecule has 2 nitrogen and oxygen atoms in total. The molecule has 0 saturated carbocycles. The van der Waals surface area contributed by atoms with E-state index in [2.05, 4.69) is 4.99 Å². The van der Waals surface area contributed by atoms with Crippen LogP contribution in [0.3, 0.4) is 0 Å². The van der Waals surface area contributed by atoms with Crippen LogP contribution in [0, 0.1) is 0 Å². The Kier molecular flexibility index (Phi) is 5.22. The van der Waals surface area contributed by atoms with Crippen molar-refractivity contribution in [2.24, 2.45) is 4.99 Å². The number of hydrogen-bond acceptors (Lipinski definition) is 3. The molecule has 15 heavy (non-hydrogen) atoms. The zero-order valence-corrected chi connectivity index (χ0v) is 10.7. The van der Waals surface area contributed by atoms with Crippen molar-refractivity contribution in [1.29, 1.82) is 0 Å². The van der Waals surface area contributed by atoms with E-state index < -0.39 is 0 Å². The predicted molar refractivity (Wildman–Crippen MR) is 70.2 cm³/mol. The third kappa shape index (κ3) is 3.89. The van der Waals surface area contributed by atoms with Crippen molar-refractivity contribution in [3.8, 4) is 0 Å². The molecule has 1 aromatic rings. The van der Waals surface area contributed by atoms with Gasteiger partial charge in [0.2, 0.25) is 0 Å². The fraction of sp³-hybridized carbons (Fsp3) is 0.200. The second-order valence-electron chi connectivity index (χ2n) is 2.60. The highest BCUT2D eigenvalue weighted by Gasteiger charge is 2.05. The number of aliphatic imine (C=N–C) groups is 1. The molecule has 1 aromatic carbocycles. The summed E-state index contributed by atoms with van der Waals surface area (Å²) in [6, 6.07) is 6.71. The molecule has 0 bridgehead atoms. The summed E-state index contributed by atoms with van der Waals surface area (Å²) in [6.45, 7) is 0. The molecular weight excluding hydrogens is 250 g/mol. The summed E-state index contributed by atoms with van der Waals surface area (Å²) >= 11 is 8.65. The van der Waals surface area contributed by atoms with Crippen molar-refractivity contribution in [1.82, 2.24) is 0 Å². The van der Waals surface area contributed by atoms with Crippen molar-refractivity contribution >= 4 is 45.4 Å². The van der Waals surface area contributed by atoms with Gasteiger partial charge in [0, 0.05) is 10.6 Å². The summed E-state index contributed by atoms with van der Waals surface area (Å²) in [6.07, 6.45) is 3.79. The molecule has 0 radical (unpaired) electrons. The lowest BCUT2D eigenvalue weighted by Gasteiger charge is -1.98. The Morgan fingerprint density at radius 3 is 2.20 bits per heavy atom. The van der Waals surface area contributed by atoms with Crippen LogP contribution in [-0.2, 0) is 0 Å². The van der Waals surface area contributed by atoms with Crippen LogP contribution in [0.15, 0.2) is 29.3 Å². The van der Waals surface area contributed by atoms with Gasteiger partial charge >= 0.3 is 0 Å². The van der Waals surface area contributed by atoms with E-state index in [1.807, 2.05) is 12.5 Å². The largest absolute Gasteiger partial charge is 0.278 e. The molecule has 0 atom stereocenters. The maximum Gasteiger partial charge on any atom is 0.278 e. The monoisotopic (exact) mass is 259 g/mol. The van der Waals surface area contributed by atoms with Crippen molar-refractivity contribution < 1.29 is 4.79 Å².